The van der Waals surface area contributed by atoms with Crippen LogP contribution in [0.15, 0.2) is 47.5 Å². The molecule has 2 aromatic rings. The first-order valence-electron chi connectivity index (χ1n) is 8.23. The van der Waals surface area contributed by atoms with Crippen molar-refractivity contribution in [2.75, 3.05) is 20.1 Å². The van der Waals surface area contributed by atoms with Crippen LogP contribution >= 0.6 is 35.6 Å². The standard InChI is InChI=1S/C19H22ClFN4O.HI/c1-13-7-8-14(11-17(13)21)12-25-19(22-2)24-10-9-23-18(26)15-5-3-4-6-16(15)20;/h3-8,11H,9-10,12H2,1-2H3,(H,23,26)(H2,22,24,25);1H. The van der Waals surface area contributed by atoms with E-state index in [1.807, 2.05) is 6.07 Å². The monoisotopic (exact) mass is 504 g/mol. The highest BCUT2D eigenvalue weighted by molar-refractivity contribution is 14.0. The zero-order valence-corrected chi connectivity index (χ0v) is 18.3. The number of hydrogen-bond donors (Lipinski definition) is 3. The van der Waals surface area contributed by atoms with Crippen LogP contribution in [0.3, 0.4) is 0 Å². The second kappa shape index (κ2) is 11.8. The molecule has 146 valence electrons. The van der Waals surface area contributed by atoms with Gasteiger partial charge in [0.05, 0.1) is 10.6 Å². The van der Waals surface area contributed by atoms with Crippen LogP contribution in [0.4, 0.5) is 4.39 Å². The third-order valence-corrected chi connectivity index (χ3v) is 4.07. The van der Waals surface area contributed by atoms with E-state index in [9.17, 15) is 9.18 Å². The lowest BCUT2D eigenvalue weighted by molar-refractivity contribution is 0.0954. The van der Waals surface area contributed by atoms with E-state index in [-0.39, 0.29) is 35.7 Å². The molecule has 3 N–H and O–H groups in total. The molecule has 1 amide bonds. The molecule has 0 unspecified atom stereocenters. The van der Waals surface area contributed by atoms with E-state index in [1.54, 1.807) is 44.3 Å². The number of carbonyl (C=O) groups is 1. The maximum atomic E-state index is 13.6. The van der Waals surface area contributed by atoms with Gasteiger partial charge in [0, 0.05) is 26.7 Å². The molecule has 0 heterocycles. The second-order valence-electron chi connectivity index (χ2n) is 5.67. The van der Waals surface area contributed by atoms with Crippen LogP contribution in [0.5, 0.6) is 0 Å². The summed E-state index contributed by atoms with van der Waals surface area (Å²) in [5.41, 5.74) is 1.88. The zero-order chi connectivity index (χ0) is 18.9. The molecule has 0 aliphatic carbocycles. The largest absolute Gasteiger partial charge is 0.355 e. The third-order valence-electron chi connectivity index (χ3n) is 3.74. The maximum absolute atomic E-state index is 13.6. The average Bonchev–Trinajstić information content (AvgIpc) is 2.64. The molecule has 0 radical (unpaired) electrons. The number of aryl methyl sites for hydroxylation is 1. The second-order valence-corrected chi connectivity index (χ2v) is 6.08. The number of aliphatic imine (C=N–C) groups is 1. The minimum atomic E-state index is -0.227. The summed E-state index contributed by atoms with van der Waals surface area (Å²) in [6.45, 7) is 3.06. The van der Waals surface area contributed by atoms with Crippen molar-refractivity contribution in [2.45, 2.75) is 13.5 Å². The smallest absolute Gasteiger partial charge is 0.252 e. The Labute approximate surface area is 180 Å². The molecule has 0 atom stereocenters. The Bertz CT molecular complexity index is 801. The predicted molar refractivity (Wildman–Crippen MR) is 119 cm³/mol. The Hall–Kier alpha value is -1.87. The zero-order valence-electron chi connectivity index (χ0n) is 15.2. The summed E-state index contributed by atoms with van der Waals surface area (Å²) >= 11 is 5.99. The summed E-state index contributed by atoms with van der Waals surface area (Å²) in [6, 6.07) is 12.0. The van der Waals surface area contributed by atoms with Gasteiger partial charge in [0.25, 0.3) is 5.91 Å². The average molecular weight is 505 g/mol. The van der Waals surface area contributed by atoms with Crippen LogP contribution in [0.2, 0.25) is 5.02 Å². The molecular formula is C19H23ClFIN4O. The van der Waals surface area contributed by atoms with Crippen molar-refractivity contribution >= 4 is 47.4 Å². The lowest BCUT2D eigenvalue weighted by Gasteiger charge is -2.13. The fraction of sp³-hybridized carbons (Fsp3) is 0.263. The van der Waals surface area contributed by atoms with Gasteiger partial charge in [-0.05, 0) is 36.2 Å². The van der Waals surface area contributed by atoms with E-state index in [0.29, 0.717) is 41.7 Å². The van der Waals surface area contributed by atoms with E-state index >= 15 is 0 Å². The van der Waals surface area contributed by atoms with Crippen LogP contribution in [0.25, 0.3) is 0 Å². The molecule has 0 spiro atoms. The molecule has 0 aliphatic heterocycles. The highest BCUT2D eigenvalue weighted by Gasteiger charge is 2.08. The van der Waals surface area contributed by atoms with Gasteiger partial charge in [-0.1, -0.05) is 35.9 Å². The van der Waals surface area contributed by atoms with Gasteiger partial charge < -0.3 is 16.0 Å². The lowest BCUT2D eigenvalue weighted by atomic mass is 10.1. The molecule has 8 heteroatoms. The number of rotatable bonds is 6. The molecule has 0 aromatic heterocycles. The Kier molecular flexibility index (Phi) is 10.1. The van der Waals surface area contributed by atoms with Gasteiger partial charge in [-0.25, -0.2) is 4.39 Å². The number of benzene rings is 2. The molecule has 5 nitrogen and oxygen atoms in total. The van der Waals surface area contributed by atoms with E-state index in [0.717, 1.165) is 5.56 Å². The fourth-order valence-electron chi connectivity index (χ4n) is 2.25. The molecule has 27 heavy (non-hydrogen) atoms. The van der Waals surface area contributed by atoms with Crippen LogP contribution in [-0.2, 0) is 6.54 Å². The van der Waals surface area contributed by atoms with E-state index in [1.165, 1.54) is 6.07 Å². The Morgan fingerprint density at radius 2 is 1.81 bits per heavy atom. The lowest BCUT2D eigenvalue weighted by Crippen LogP contribution is -2.41. The van der Waals surface area contributed by atoms with Crippen molar-refractivity contribution in [3.05, 3.63) is 70.0 Å². The van der Waals surface area contributed by atoms with E-state index in [2.05, 4.69) is 20.9 Å². The Morgan fingerprint density at radius 1 is 1.11 bits per heavy atom. The number of carbonyl (C=O) groups excluding carboxylic acids is 1. The third kappa shape index (κ3) is 7.34. The van der Waals surface area contributed by atoms with Gasteiger partial charge in [0.15, 0.2) is 5.96 Å². The van der Waals surface area contributed by atoms with Gasteiger partial charge in [0.2, 0.25) is 0 Å². The summed E-state index contributed by atoms with van der Waals surface area (Å²) in [5, 5.41) is 9.39. The highest BCUT2D eigenvalue weighted by atomic mass is 127. The number of halogens is 3. The Balaban J connectivity index is 0.00000364. The summed E-state index contributed by atoms with van der Waals surface area (Å²) in [4.78, 5) is 16.1. The molecular weight excluding hydrogens is 482 g/mol. The molecule has 2 aromatic carbocycles. The molecule has 0 saturated heterocycles. The van der Waals surface area contributed by atoms with Gasteiger partial charge in [0.1, 0.15) is 5.82 Å². The predicted octanol–water partition coefficient (Wildman–Crippen LogP) is 3.50. The SMILES string of the molecule is CN=C(NCCNC(=O)c1ccccc1Cl)NCc1ccc(C)c(F)c1.I. The van der Waals surface area contributed by atoms with Crippen LogP contribution in [0.1, 0.15) is 21.5 Å². The summed E-state index contributed by atoms with van der Waals surface area (Å²) in [5.74, 6) is 0.114. The topological polar surface area (TPSA) is 65.5 Å². The van der Waals surface area contributed by atoms with E-state index in [4.69, 9.17) is 11.6 Å². The van der Waals surface area contributed by atoms with Gasteiger partial charge >= 0.3 is 0 Å². The van der Waals surface area contributed by atoms with Gasteiger partial charge in [-0.3, -0.25) is 9.79 Å². The minimum absolute atomic E-state index is 0. The molecule has 2 rings (SSSR count). The Morgan fingerprint density at radius 3 is 2.48 bits per heavy atom. The maximum Gasteiger partial charge on any atom is 0.252 e. The molecule has 0 aliphatic rings. The van der Waals surface area contributed by atoms with Crippen LogP contribution in [0, 0.1) is 12.7 Å². The highest BCUT2D eigenvalue weighted by Crippen LogP contribution is 2.14. The summed E-state index contributed by atoms with van der Waals surface area (Å²) < 4.78 is 13.6. The van der Waals surface area contributed by atoms with Crippen LogP contribution < -0.4 is 16.0 Å². The van der Waals surface area contributed by atoms with Crippen molar-refractivity contribution in [1.82, 2.24) is 16.0 Å². The van der Waals surface area contributed by atoms with E-state index < -0.39 is 0 Å². The molecule has 0 bridgehead atoms. The van der Waals surface area contributed by atoms with Crippen LogP contribution in [-0.4, -0.2) is 32.0 Å². The van der Waals surface area contributed by atoms with Gasteiger partial charge in [-0.15, -0.1) is 24.0 Å². The van der Waals surface area contributed by atoms with Crippen molar-refractivity contribution in [2.24, 2.45) is 4.99 Å². The number of hydrogen-bond acceptors (Lipinski definition) is 2. The summed E-state index contributed by atoms with van der Waals surface area (Å²) in [6.07, 6.45) is 0. The normalized spacial score (nSPS) is 10.7. The van der Waals surface area contributed by atoms with Crippen molar-refractivity contribution in [3.63, 3.8) is 0 Å². The first kappa shape index (κ1) is 23.2. The molecule has 0 saturated carbocycles. The molecule has 0 fully saturated rings. The number of nitrogens with zero attached hydrogens (tertiary/aromatic N) is 1. The first-order chi connectivity index (χ1) is 12.5. The first-order valence-corrected chi connectivity index (χ1v) is 8.61. The minimum Gasteiger partial charge on any atom is -0.355 e. The van der Waals surface area contributed by atoms with Crippen molar-refractivity contribution < 1.29 is 9.18 Å². The quantitative estimate of drug-likeness (QED) is 0.244. The fourth-order valence-corrected chi connectivity index (χ4v) is 2.47. The van der Waals surface area contributed by atoms with Crippen molar-refractivity contribution in [1.29, 1.82) is 0 Å². The van der Waals surface area contributed by atoms with Crippen molar-refractivity contribution in [3.8, 4) is 0 Å². The number of amides is 1. The number of guanidine groups is 1. The number of nitrogens with one attached hydrogen (secondary N) is 3. The summed E-state index contributed by atoms with van der Waals surface area (Å²) in [7, 11) is 1.65. The van der Waals surface area contributed by atoms with Gasteiger partial charge in [-0.2, -0.15) is 0 Å².